The zero-order chi connectivity index (χ0) is 10.3. The van der Waals surface area contributed by atoms with Crippen molar-refractivity contribution in [3.63, 3.8) is 0 Å². The van der Waals surface area contributed by atoms with Gasteiger partial charge in [0.1, 0.15) is 0 Å². The van der Waals surface area contributed by atoms with Crippen LogP contribution in [0.15, 0.2) is 0 Å². The molecule has 0 aromatic rings. The number of thiol groups is 1. The van der Waals surface area contributed by atoms with E-state index >= 15 is 0 Å². The lowest BCUT2D eigenvalue weighted by Gasteiger charge is -2.24. The van der Waals surface area contributed by atoms with E-state index < -0.39 is 0 Å². The quantitative estimate of drug-likeness (QED) is 0.640. The fourth-order valence-electron chi connectivity index (χ4n) is 0.943. The van der Waals surface area contributed by atoms with Crippen LogP contribution in [0.25, 0.3) is 0 Å². The fourth-order valence-corrected chi connectivity index (χ4v) is 1.15. The van der Waals surface area contributed by atoms with Crippen molar-refractivity contribution in [3.8, 4) is 0 Å². The summed E-state index contributed by atoms with van der Waals surface area (Å²) in [5.41, 5.74) is -0.277. The highest BCUT2D eigenvalue weighted by molar-refractivity contribution is 7.80. The topological polar surface area (TPSA) is 38.3 Å². The van der Waals surface area contributed by atoms with Crippen LogP contribution in [0.5, 0.6) is 0 Å². The number of amides is 1. The molecule has 0 aromatic carbocycles. The van der Waals surface area contributed by atoms with E-state index in [2.05, 4.69) is 17.9 Å². The minimum Gasteiger partial charge on any atom is -0.374 e. The van der Waals surface area contributed by atoms with E-state index in [0.717, 1.165) is 0 Å². The molecule has 0 heterocycles. The van der Waals surface area contributed by atoms with Crippen LogP contribution in [0.2, 0.25) is 0 Å². The van der Waals surface area contributed by atoms with Gasteiger partial charge in [-0.1, -0.05) is 0 Å². The first-order valence-electron chi connectivity index (χ1n) is 4.53. The third-order valence-electron chi connectivity index (χ3n) is 1.59. The van der Waals surface area contributed by atoms with Gasteiger partial charge in [-0.25, -0.2) is 0 Å². The Morgan fingerprint density at radius 3 is 2.62 bits per heavy atom. The maximum absolute atomic E-state index is 11.1. The van der Waals surface area contributed by atoms with Gasteiger partial charge in [-0.2, -0.15) is 12.6 Å². The van der Waals surface area contributed by atoms with E-state index in [9.17, 15) is 4.79 Å². The van der Waals surface area contributed by atoms with Crippen LogP contribution in [0, 0.1) is 0 Å². The molecule has 0 fully saturated rings. The van der Waals surface area contributed by atoms with Crippen molar-refractivity contribution in [2.45, 2.75) is 32.8 Å². The molecule has 0 rings (SSSR count). The van der Waals surface area contributed by atoms with Gasteiger partial charge in [0.15, 0.2) is 0 Å². The molecule has 0 atom stereocenters. The van der Waals surface area contributed by atoms with Gasteiger partial charge >= 0.3 is 0 Å². The second kappa shape index (κ2) is 6.27. The van der Waals surface area contributed by atoms with E-state index in [1.807, 2.05) is 20.8 Å². The number of rotatable bonds is 6. The smallest absolute Gasteiger partial charge is 0.220 e. The second-order valence-electron chi connectivity index (χ2n) is 3.44. The molecule has 1 amide bonds. The molecule has 0 aliphatic carbocycles. The number of ether oxygens (including phenoxy) is 1. The number of nitrogens with one attached hydrogen (secondary N) is 1. The molecule has 4 heteroatoms. The number of hydrogen-bond acceptors (Lipinski definition) is 3. The van der Waals surface area contributed by atoms with Crippen molar-refractivity contribution in [2.24, 2.45) is 0 Å². The molecule has 78 valence electrons. The van der Waals surface area contributed by atoms with Crippen LogP contribution in [0.4, 0.5) is 0 Å². The molecule has 0 radical (unpaired) electrons. The number of carbonyl (C=O) groups is 1. The molecule has 0 aliphatic rings. The maximum Gasteiger partial charge on any atom is 0.220 e. The van der Waals surface area contributed by atoms with Gasteiger partial charge in [0, 0.05) is 19.6 Å². The van der Waals surface area contributed by atoms with Gasteiger partial charge in [-0.05, 0) is 26.5 Å². The summed E-state index contributed by atoms with van der Waals surface area (Å²) in [6, 6.07) is 0. The largest absolute Gasteiger partial charge is 0.374 e. The summed E-state index contributed by atoms with van der Waals surface area (Å²) in [5.74, 6) is 0.615. The molecule has 3 nitrogen and oxygen atoms in total. The van der Waals surface area contributed by atoms with Crippen LogP contribution in [-0.2, 0) is 9.53 Å². The predicted molar refractivity (Wildman–Crippen MR) is 57.2 cm³/mol. The average Bonchev–Trinajstić information content (AvgIpc) is 2.02. The van der Waals surface area contributed by atoms with Gasteiger partial charge in [0.05, 0.1) is 5.60 Å². The van der Waals surface area contributed by atoms with Gasteiger partial charge in [0.25, 0.3) is 0 Å². The number of hydrogen-bond donors (Lipinski definition) is 2. The molecule has 0 bridgehead atoms. The lowest BCUT2D eigenvalue weighted by Crippen LogP contribution is -2.40. The Labute approximate surface area is 85.6 Å². The Balaban J connectivity index is 3.67. The third kappa shape index (κ3) is 6.90. The molecular formula is C9H19NO2S. The normalized spacial score (nSPS) is 11.4. The molecule has 0 saturated heterocycles. The van der Waals surface area contributed by atoms with Gasteiger partial charge in [-0.15, -0.1) is 0 Å². The Morgan fingerprint density at radius 1 is 1.54 bits per heavy atom. The highest BCUT2D eigenvalue weighted by Gasteiger charge is 2.17. The summed E-state index contributed by atoms with van der Waals surface area (Å²) >= 11 is 3.97. The third-order valence-corrected chi connectivity index (χ3v) is 1.81. The Hall–Kier alpha value is -0.220. The van der Waals surface area contributed by atoms with Crippen LogP contribution >= 0.6 is 12.6 Å². The SMILES string of the molecule is CCOC(C)(C)CNC(=O)CCS. The van der Waals surface area contributed by atoms with Gasteiger partial charge < -0.3 is 10.1 Å². The summed E-state index contributed by atoms with van der Waals surface area (Å²) in [6.07, 6.45) is 0.464. The Morgan fingerprint density at radius 2 is 2.15 bits per heavy atom. The first-order valence-corrected chi connectivity index (χ1v) is 5.16. The molecule has 0 aliphatic heterocycles. The average molecular weight is 205 g/mol. The summed E-state index contributed by atoms with van der Waals surface area (Å²) < 4.78 is 5.42. The molecule has 0 saturated carbocycles. The van der Waals surface area contributed by atoms with E-state index in [-0.39, 0.29) is 11.5 Å². The summed E-state index contributed by atoms with van der Waals surface area (Å²) in [7, 11) is 0. The molecule has 0 unspecified atom stereocenters. The Bertz CT molecular complexity index is 160. The van der Waals surface area contributed by atoms with Crippen LogP contribution in [-0.4, -0.2) is 30.4 Å². The van der Waals surface area contributed by atoms with Crippen molar-refractivity contribution >= 4 is 18.5 Å². The zero-order valence-electron chi connectivity index (χ0n) is 8.59. The standard InChI is InChI=1S/C9H19NO2S/c1-4-12-9(2,3)7-10-8(11)5-6-13/h13H,4-7H2,1-3H3,(H,10,11). The second-order valence-corrected chi connectivity index (χ2v) is 3.89. The summed E-state index contributed by atoms with van der Waals surface area (Å²) in [4.78, 5) is 11.1. The van der Waals surface area contributed by atoms with E-state index in [1.54, 1.807) is 0 Å². The Kier molecular flexibility index (Phi) is 6.16. The first-order chi connectivity index (χ1) is 6.02. The van der Waals surface area contributed by atoms with E-state index in [1.165, 1.54) is 0 Å². The zero-order valence-corrected chi connectivity index (χ0v) is 9.49. The molecule has 13 heavy (non-hydrogen) atoms. The van der Waals surface area contributed by atoms with Gasteiger partial charge in [-0.3, -0.25) is 4.79 Å². The molecule has 0 aromatic heterocycles. The molecule has 1 N–H and O–H groups in total. The molecule has 0 spiro atoms. The van der Waals surface area contributed by atoms with Crippen LogP contribution < -0.4 is 5.32 Å². The lowest BCUT2D eigenvalue weighted by atomic mass is 10.1. The summed E-state index contributed by atoms with van der Waals surface area (Å²) in [6.45, 7) is 7.06. The first kappa shape index (κ1) is 12.8. The van der Waals surface area contributed by atoms with E-state index in [4.69, 9.17) is 4.74 Å². The van der Waals surface area contributed by atoms with E-state index in [0.29, 0.717) is 25.3 Å². The minimum atomic E-state index is -0.277. The van der Waals surface area contributed by atoms with Crippen molar-refractivity contribution in [3.05, 3.63) is 0 Å². The monoisotopic (exact) mass is 205 g/mol. The number of carbonyl (C=O) groups excluding carboxylic acids is 1. The van der Waals surface area contributed by atoms with Crippen LogP contribution in [0.3, 0.4) is 0 Å². The van der Waals surface area contributed by atoms with Crippen LogP contribution in [0.1, 0.15) is 27.2 Å². The highest BCUT2D eigenvalue weighted by atomic mass is 32.1. The summed E-state index contributed by atoms with van der Waals surface area (Å²) in [5, 5.41) is 2.80. The fraction of sp³-hybridized carbons (Fsp3) is 0.889. The highest BCUT2D eigenvalue weighted by Crippen LogP contribution is 2.06. The molecular weight excluding hydrogens is 186 g/mol. The lowest BCUT2D eigenvalue weighted by molar-refractivity contribution is -0.122. The van der Waals surface area contributed by atoms with Crippen molar-refractivity contribution in [1.82, 2.24) is 5.32 Å². The van der Waals surface area contributed by atoms with Crippen molar-refractivity contribution in [1.29, 1.82) is 0 Å². The minimum absolute atomic E-state index is 0.0304. The van der Waals surface area contributed by atoms with Crippen molar-refractivity contribution in [2.75, 3.05) is 18.9 Å². The predicted octanol–water partition coefficient (Wildman–Crippen LogP) is 1.24. The maximum atomic E-state index is 11.1. The van der Waals surface area contributed by atoms with Gasteiger partial charge in [0.2, 0.25) is 5.91 Å². The van der Waals surface area contributed by atoms with Crippen molar-refractivity contribution < 1.29 is 9.53 Å².